The minimum Gasteiger partial charge on any atom is -0.481 e. The van der Waals surface area contributed by atoms with Crippen molar-refractivity contribution in [3.63, 3.8) is 0 Å². The first-order valence-corrected chi connectivity index (χ1v) is 6.48. The number of para-hydroxylation sites is 1. The normalized spacial score (nSPS) is 10.1. The van der Waals surface area contributed by atoms with E-state index in [1.165, 1.54) is 0 Å². The van der Waals surface area contributed by atoms with E-state index in [1.54, 1.807) is 24.1 Å². The average Bonchev–Trinajstić information content (AvgIpc) is 2.48. The number of carbonyl (C=O) groups excluding carboxylic acids is 1. The standard InChI is InChI=1S/C15H18N4O2/c1-21-15-8-4-7-14(18-15)19(10-13(17)20)9-11-5-2-3-6-12(11)16/h2-8H,9-10,16H2,1H3,(H2,17,20). The van der Waals surface area contributed by atoms with Gasteiger partial charge in [0.25, 0.3) is 0 Å². The molecular formula is C15H18N4O2. The predicted molar refractivity (Wildman–Crippen MR) is 81.9 cm³/mol. The fourth-order valence-corrected chi connectivity index (χ4v) is 1.98. The van der Waals surface area contributed by atoms with Crippen molar-refractivity contribution in [2.45, 2.75) is 6.54 Å². The Balaban J connectivity index is 2.29. The summed E-state index contributed by atoms with van der Waals surface area (Å²) in [5, 5.41) is 0. The van der Waals surface area contributed by atoms with Crippen LogP contribution in [0, 0.1) is 0 Å². The highest BCUT2D eigenvalue weighted by Crippen LogP contribution is 2.20. The van der Waals surface area contributed by atoms with Crippen LogP contribution in [-0.2, 0) is 11.3 Å². The molecular weight excluding hydrogens is 268 g/mol. The van der Waals surface area contributed by atoms with Gasteiger partial charge in [0, 0.05) is 18.3 Å². The van der Waals surface area contributed by atoms with Crippen LogP contribution in [0.3, 0.4) is 0 Å². The van der Waals surface area contributed by atoms with Crippen LogP contribution >= 0.6 is 0 Å². The van der Waals surface area contributed by atoms with Crippen molar-refractivity contribution in [1.29, 1.82) is 0 Å². The van der Waals surface area contributed by atoms with Crippen molar-refractivity contribution in [1.82, 2.24) is 4.98 Å². The largest absolute Gasteiger partial charge is 0.481 e. The van der Waals surface area contributed by atoms with Gasteiger partial charge < -0.3 is 21.1 Å². The molecule has 0 atom stereocenters. The lowest BCUT2D eigenvalue weighted by molar-refractivity contribution is -0.116. The first-order chi connectivity index (χ1) is 10.1. The van der Waals surface area contributed by atoms with Crippen LogP contribution < -0.4 is 21.1 Å². The molecule has 0 aliphatic carbocycles. The molecule has 0 aliphatic heterocycles. The maximum Gasteiger partial charge on any atom is 0.237 e. The number of rotatable bonds is 6. The number of carbonyl (C=O) groups is 1. The Hall–Kier alpha value is -2.76. The first-order valence-electron chi connectivity index (χ1n) is 6.48. The van der Waals surface area contributed by atoms with Gasteiger partial charge in [0.05, 0.1) is 13.7 Å². The molecule has 1 aromatic carbocycles. The lowest BCUT2D eigenvalue weighted by atomic mass is 10.1. The van der Waals surface area contributed by atoms with Crippen molar-refractivity contribution in [2.75, 3.05) is 24.3 Å². The number of hydrogen-bond donors (Lipinski definition) is 2. The van der Waals surface area contributed by atoms with Crippen LogP contribution in [0.25, 0.3) is 0 Å². The average molecular weight is 286 g/mol. The highest BCUT2D eigenvalue weighted by atomic mass is 16.5. The molecule has 4 N–H and O–H groups in total. The van der Waals surface area contributed by atoms with Crippen molar-refractivity contribution in [3.8, 4) is 5.88 Å². The molecule has 1 amide bonds. The van der Waals surface area contributed by atoms with Gasteiger partial charge in [-0.25, -0.2) is 0 Å². The van der Waals surface area contributed by atoms with Gasteiger partial charge in [-0.15, -0.1) is 0 Å². The molecule has 0 aliphatic rings. The highest BCUT2D eigenvalue weighted by molar-refractivity contribution is 5.79. The van der Waals surface area contributed by atoms with Gasteiger partial charge >= 0.3 is 0 Å². The van der Waals surface area contributed by atoms with E-state index in [2.05, 4.69) is 4.98 Å². The number of aromatic nitrogens is 1. The van der Waals surface area contributed by atoms with E-state index in [0.29, 0.717) is 23.9 Å². The molecule has 0 bridgehead atoms. The van der Waals surface area contributed by atoms with Crippen LogP contribution in [0.2, 0.25) is 0 Å². The summed E-state index contributed by atoms with van der Waals surface area (Å²) in [5.74, 6) is 0.647. The van der Waals surface area contributed by atoms with Crippen LogP contribution in [0.1, 0.15) is 5.56 Å². The van der Waals surface area contributed by atoms with E-state index < -0.39 is 5.91 Å². The number of benzene rings is 1. The number of primary amides is 1. The minimum absolute atomic E-state index is 0.0501. The molecule has 0 radical (unpaired) electrons. The van der Waals surface area contributed by atoms with Crippen molar-refractivity contribution in [3.05, 3.63) is 48.0 Å². The molecule has 6 nitrogen and oxygen atoms in total. The summed E-state index contributed by atoms with van der Waals surface area (Å²) in [6.45, 7) is 0.490. The molecule has 0 spiro atoms. The Labute approximate surface area is 123 Å². The summed E-state index contributed by atoms with van der Waals surface area (Å²) in [7, 11) is 1.54. The van der Waals surface area contributed by atoms with Gasteiger partial charge in [0.15, 0.2) is 0 Å². The SMILES string of the molecule is COc1cccc(N(CC(N)=O)Cc2ccccc2N)n1. The van der Waals surface area contributed by atoms with Gasteiger partial charge in [-0.3, -0.25) is 4.79 Å². The smallest absolute Gasteiger partial charge is 0.237 e. The maximum atomic E-state index is 11.3. The molecule has 21 heavy (non-hydrogen) atoms. The third-order valence-corrected chi connectivity index (χ3v) is 3.00. The minimum atomic E-state index is -0.436. The molecule has 0 saturated heterocycles. The van der Waals surface area contributed by atoms with E-state index >= 15 is 0 Å². The Bertz CT molecular complexity index is 631. The van der Waals surface area contributed by atoms with E-state index in [-0.39, 0.29) is 6.54 Å². The number of methoxy groups -OCH3 is 1. The molecule has 110 valence electrons. The summed E-state index contributed by atoms with van der Waals surface area (Å²) in [5.41, 5.74) is 12.8. The number of nitrogen functional groups attached to an aromatic ring is 1. The lowest BCUT2D eigenvalue weighted by Gasteiger charge is -2.23. The van der Waals surface area contributed by atoms with Crippen LogP contribution in [-0.4, -0.2) is 24.5 Å². The number of hydrogen-bond acceptors (Lipinski definition) is 5. The third kappa shape index (κ3) is 3.85. The summed E-state index contributed by atoms with van der Waals surface area (Å²) in [4.78, 5) is 17.4. The Morgan fingerprint density at radius 3 is 2.67 bits per heavy atom. The highest BCUT2D eigenvalue weighted by Gasteiger charge is 2.13. The molecule has 0 unspecified atom stereocenters. The van der Waals surface area contributed by atoms with Crippen LogP contribution in [0.4, 0.5) is 11.5 Å². The molecule has 6 heteroatoms. The van der Waals surface area contributed by atoms with E-state index in [9.17, 15) is 4.79 Å². The topological polar surface area (TPSA) is 94.5 Å². The number of ether oxygens (including phenoxy) is 1. The fourth-order valence-electron chi connectivity index (χ4n) is 1.98. The van der Waals surface area contributed by atoms with Gasteiger partial charge in [-0.2, -0.15) is 4.98 Å². The van der Waals surface area contributed by atoms with Crippen molar-refractivity contribution in [2.24, 2.45) is 5.73 Å². The van der Waals surface area contributed by atoms with E-state index in [1.807, 2.05) is 30.3 Å². The molecule has 0 saturated carbocycles. The van der Waals surface area contributed by atoms with Crippen LogP contribution in [0.15, 0.2) is 42.5 Å². The number of anilines is 2. The zero-order valence-corrected chi connectivity index (χ0v) is 11.8. The van der Waals surface area contributed by atoms with Gasteiger partial charge in [0.2, 0.25) is 11.8 Å². The van der Waals surface area contributed by atoms with Crippen molar-refractivity contribution >= 4 is 17.4 Å². The number of pyridine rings is 1. The quantitative estimate of drug-likeness (QED) is 0.777. The zero-order valence-electron chi connectivity index (χ0n) is 11.8. The Morgan fingerprint density at radius 2 is 2.00 bits per heavy atom. The predicted octanol–water partition coefficient (Wildman–Crippen LogP) is 1.16. The second-order valence-corrected chi connectivity index (χ2v) is 4.56. The summed E-state index contributed by atoms with van der Waals surface area (Å²) >= 11 is 0. The van der Waals surface area contributed by atoms with Gasteiger partial charge in [0.1, 0.15) is 5.82 Å². The maximum absolute atomic E-state index is 11.3. The van der Waals surface area contributed by atoms with E-state index in [0.717, 1.165) is 5.56 Å². The molecule has 2 aromatic rings. The first kappa shape index (κ1) is 14.6. The lowest BCUT2D eigenvalue weighted by Crippen LogP contribution is -2.34. The van der Waals surface area contributed by atoms with Gasteiger partial charge in [-0.05, 0) is 17.7 Å². The number of nitrogens with two attached hydrogens (primary N) is 2. The van der Waals surface area contributed by atoms with Crippen LogP contribution in [0.5, 0.6) is 5.88 Å². The van der Waals surface area contributed by atoms with Crippen molar-refractivity contribution < 1.29 is 9.53 Å². The number of nitrogens with zero attached hydrogens (tertiary/aromatic N) is 2. The fraction of sp³-hybridized carbons (Fsp3) is 0.200. The molecule has 1 aromatic heterocycles. The third-order valence-electron chi connectivity index (χ3n) is 3.00. The van der Waals surface area contributed by atoms with E-state index in [4.69, 9.17) is 16.2 Å². The monoisotopic (exact) mass is 286 g/mol. The number of amides is 1. The molecule has 1 heterocycles. The Morgan fingerprint density at radius 1 is 1.24 bits per heavy atom. The Kier molecular flexibility index (Phi) is 4.61. The molecule has 0 fully saturated rings. The summed E-state index contributed by atoms with van der Waals surface area (Å²) in [6, 6.07) is 12.8. The summed E-state index contributed by atoms with van der Waals surface area (Å²) in [6.07, 6.45) is 0. The molecule has 2 rings (SSSR count). The summed E-state index contributed by atoms with van der Waals surface area (Å²) < 4.78 is 5.11. The zero-order chi connectivity index (χ0) is 15.2. The second-order valence-electron chi connectivity index (χ2n) is 4.56. The second kappa shape index (κ2) is 6.60. The van der Waals surface area contributed by atoms with Gasteiger partial charge in [-0.1, -0.05) is 24.3 Å².